The van der Waals surface area contributed by atoms with Gasteiger partial charge in [0.05, 0.1) is 36.5 Å². The highest BCUT2D eigenvalue weighted by molar-refractivity contribution is 5.69. The van der Waals surface area contributed by atoms with Crippen molar-refractivity contribution in [2.45, 2.75) is 62.4 Å². The molecule has 1 saturated carbocycles. The number of halogens is 1. The number of epoxide rings is 1. The molecule has 1 N–H and O–H groups in total. The third-order valence-electron chi connectivity index (χ3n) is 7.45. The predicted octanol–water partition coefficient (Wildman–Crippen LogP) is 4.76. The normalized spacial score (nSPS) is 29.8. The first-order valence-corrected chi connectivity index (χ1v) is 10.8. The molecule has 0 amide bonds. The molecule has 2 aliphatic heterocycles. The summed E-state index contributed by atoms with van der Waals surface area (Å²) in [6.45, 7) is 2.10. The fraction of sp³-hybridized carbons (Fsp3) is 0.400. The maximum Gasteiger partial charge on any atom is 0.129 e. The molecule has 0 bridgehead atoms. The van der Waals surface area contributed by atoms with Gasteiger partial charge in [0.25, 0.3) is 0 Å². The molecule has 0 radical (unpaired) electrons. The lowest BCUT2D eigenvalue weighted by molar-refractivity contribution is 0.0516. The highest BCUT2D eigenvalue weighted by atomic mass is 19.1. The Bertz CT molecular complexity index is 1110. The first-order valence-electron chi connectivity index (χ1n) is 10.8. The smallest absolute Gasteiger partial charge is 0.129 e. The second-order valence-corrected chi connectivity index (χ2v) is 9.10. The summed E-state index contributed by atoms with van der Waals surface area (Å²) in [6, 6.07) is 13.7. The molecule has 3 heterocycles. The van der Waals surface area contributed by atoms with Crippen molar-refractivity contribution in [2.24, 2.45) is 0 Å². The number of benzene rings is 2. The Morgan fingerprint density at radius 3 is 2.90 bits per heavy atom. The number of aromatic nitrogens is 2. The molecule has 5 heteroatoms. The summed E-state index contributed by atoms with van der Waals surface area (Å²) >= 11 is 0. The minimum atomic E-state index is -0.632. The third kappa shape index (κ3) is 2.62. The second kappa shape index (κ2) is 6.50. The van der Waals surface area contributed by atoms with E-state index < -0.39 is 11.7 Å². The van der Waals surface area contributed by atoms with Crippen molar-refractivity contribution in [3.63, 3.8) is 0 Å². The predicted molar refractivity (Wildman–Crippen MR) is 112 cm³/mol. The maximum atomic E-state index is 14.7. The molecule has 5 unspecified atom stereocenters. The number of aryl methyl sites for hydroxylation is 1. The number of nitrogens with zero attached hydrogens (tertiary/aromatic N) is 2. The van der Waals surface area contributed by atoms with E-state index in [2.05, 4.69) is 36.2 Å². The van der Waals surface area contributed by atoms with Gasteiger partial charge >= 0.3 is 0 Å². The Hall–Kier alpha value is -2.50. The Balaban J connectivity index is 1.21. The van der Waals surface area contributed by atoms with Crippen LogP contribution in [-0.4, -0.2) is 32.5 Å². The molecule has 6 rings (SSSR count). The van der Waals surface area contributed by atoms with Crippen LogP contribution < -0.4 is 0 Å². The van der Waals surface area contributed by atoms with Crippen molar-refractivity contribution in [1.82, 2.24) is 9.55 Å². The number of aliphatic hydroxyl groups is 1. The zero-order chi connectivity index (χ0) is 20.5. The van der Waals surface area contributed by atoms with Crippen molar-refractivity contribution >= 4 is 0 Å². The van der Waals surface area contributed by atoms with Crippen molar-refractivity contribution in [2.75, 3.05) is 0 Å². The summed E-state index contributed by atoms with van der Waals surface area (Å²) in [4.78, 5) is 4.25. The van der Waals surface area contributed by atoms with Gasteiger partial charge in [-0.15, -0.1) is 0 Å². The number of imidazole rings is 1. The molecule has 3 aliphatic rings. The lowest BCUT2D eigenvalue weighted by Crippen LogP contribution is -2.37. The fourth-order valence-corrected chi connectivity index (χ4v) is 5.72. The molecule has 30 heavy (non-hydrogen) atoms. The standard InChI is InChI=1S/C25H25FN2O2/c1-15-5-7-16(8-6-15)17-9-10-25(23(11-17)30-25)22(29)12-20-24-18(3-2-4-19(24)26)21-13-27-14-28(20)21/h2-8,13-14,17,20,22-23,29H,9-12H2,1H3. The van der Waals surface area contributed by atoms with E-state index in [9.17, 15) is 9.50 Å². The molecule has 1 aliphatic carbocycles. The summed E-state index contributed by atoms with van der Waals surface area (Å²) in [6.07, 6.45) is 6.17. The Labute approximate surface area is 175 Å². The van der Waals surface area contributed by atoms with Gasteiger partial charge in [-0.2, -0.15) is 0 Å². The topological polar surface area (TPSA) is 50.6 Å². The van der Waals surface area contributed by atoms with Crippen LogP contribution in [0, 0.1) is 12.7 Å². The number of aliphatic hydroxyl groups excluding tert-OH is 1. The summed E-state index contributed by atoms with van der Waals surface area (Å²) in [5.41, 5.74) is 4.60. The molecular weight excluding hydrogens is 379 g/mol. The first-order chi connectivity index (χ1) is 14.6. The Kier molecular flexibility index (Phi) is 3.96. The molecule has 4 nitrogen and oxygen atoms in total. The quantitative estimate of drug-likeness (QED) is 0.638. The average molecular weight is 404 g/mol. The summed E-state index contributed by atoms with van der Waals surface area (Å²) < 4.78 is 22.8. The van der Waals surface area contributed by atoms with E-state index in [0.717, 1.165) is 30.5 Å². The molecule has 5 atom stereocenters. The molecule has 154 valence electrons. The Morgan fingerprint density at radius 2 is 2.10 bits per heavy atom. The monoisotopic (exact) mass is 404 g/mol. The van der Waals surface area contributed by atoms with Crippen LogP contribution in [0.2, 0.25) is 0 Å². The summed E-state index contributed by atoms with van der Waals surface area (Å²) in [5.74, 6) is 0.255. The summed E-state index contributed by atoms with van der Waals surface area (Å²) in [5, 5.41) is 11.2. The minimum Gasteiger partial charge on any atom is -0.390 e. The second-order valence-electron chi connectivity index (χ2n) is 9.10. The van der Waals surface area contributed by atoms with E-state index in [4.69, 9.17) is 4.74 Å². The number of ether oxygens (including phenoxy) is 1. The number of hydrogen-bond acceptors (Lipinski definition) is 3. The summed E-state index contributed by atoms with van der Waals surface area (Å²) in [7, 11) is 0. The van der Waals surface area contributed by atoms with Crippen molar-refractivity contribution in [1.29, 1.82) is 0 Å². The van der Waals surface area contributed by atoms with Gasteiger partial charge in [-0.25, -0.2) is 9.37 Å². The molecule has 1 saturated heterocycles. The van der Waals surface area contributed by atoms with E-state index in [0.29, 0.717) is 17.9 Å². The van der Waals surface area contributed by atoms with Crippen LogP contribution in [0.25, 0.3) is 11.3 Å². The van der Waals surface area contributed by atoms with Gasteiger partial charge < -0.3 is 14.4 Å². The highest BCUT2D eigenvalue weighted by Crippen LogP contribution is 2.56. The van der Waals surface area contributed by atoms with E-state index in [1.165, 1.54) is 17.2 Å². The van der Waals surface area contributed by atoms with E-state index in [1.807, 2.05) is 10.6 Å². The lowest BCUT2D eigenvalue weighted by Gasteiger charge is -2.30. The number of rotatable bonds is 4. The largest absolute Gasteiger partial charge is 0.390 e. The molecule has 1 aromatic heterocycles. The molecule has 2 aromatic carbocycles. The maximum absolute atomic E-state index is 14.7. The van der Waals surface area contributed by atoms with E-state index >= 15 is 0 Å². The number of fused-ring (bicyclic) bond motifs is 4. The zero-order valence-electron chi connectivity index (χ0n) is 17.0. The van der Waals surface area contributed by atoms with Gasteiger partial charge in [0.15, 0.2) is 0 Å². The molecule has 0 spiro atoms. The van der Waals surface area contributed by atoms with Crippen LogP contribution in [0.15, 0.2) is 55.0 Å². The first kappa shape index (κ1) is 18.3. The molecule has 3 aromatic rings. The van der Waals surface area contributed by atoms with Gasteiger partial charge in [0.2, 0.25) is 0 Å². The van der Waals surface area contributed by atoms with E-state index in [-0.39, 0.29) is 18.0 Å². The van der Waals surface area contributed by atoms with Crippen LogP contribution in [0.3, 0.4) is 0 Å². The fourth-order valence-electron chi connectivity index (χ4n) is 5.72. The highest BCUT2D eigenvalue weighted by Gasteiger charge is 2.63. The van der Waals surface area contributed by atoms with Crippen LogP contribution in [0.4, 0.5) is 4.39 Å². The van der Waals surface area contributed by atoms with Gasteiger partial charge in [-0.05, 0) is 43.7 Å². The van der Waals surface area contributed by atoms with Crippen LogP contribution in [-0.2, 0) is 4.74 Å². The van der Waals surface area contributed by atoms with Gasteiger partial charge in [-0.3, -0.25) is 0 Å². The molecule has 2 fully saturated rings. The van der Waals surface area contributed by atoms with Gasteiger partial charge in [0, 0.05) is 17.5 Å². The lowest BCUT2D eigenvalue weighted by atomic mass is 9.75. The average Bonchev–Trinajstić information content (AvgIpc) is 3.16. The zero-order valence-corrected chi connectivity index (χ0v) is 17.0. The van der Waals surface area contributed by atoms with Crippen molar-refractivity contribution < 1.29 is 14.2 Å². The third-order valence-corrected chi connectivity index (χ3v) is 7.45. The number of hydrogen-bond donors (Lipinski definition) is 1. The van der Waals surface area contributed by atoms with Crippen molar-refractivity contribution in [3.05, 3.63) is 77.5 Å². The van der Waals surface area contributed by atoms with Crippen LogP contribution >= 0.6 is 0 Å². The Morgan fingerprint density at radius 1 is 1.27 bits per heavy atom. The van der Waals surface area contributed by atoms with Crippen LogP contribution in [0.1, 0.15) is 54.3 Å². The minimum absolute atomic E-state index is 0.0799. The SMILES string of the molecule is Cc1ccc(C2CCC3(C(O)CC4c5c(F)cccc5-c5cncn54)OC3C2)cc1. The van der Waals surface area contributed by atoms with Crippen LogP contribution in [0.5, 0.6) is 0 Å². The van der Waals surface area contributed by atoms with Gasteiger partial charge in [-0.1, -0.05) is 42.0 Å². The van der Waals surface area contributed by atoms with Gasteiger partial charge in [0.1, 0.15) is 11.4 Å². The van der Waals surface area contributed by atoms with E-state index in [1.54, 1.807) is 18.6 Å². The van der Waals surface area contributed by atoms with Crippen molar-refractivity contribution in [3.8, 4) is 11.3 Å². The molecular formula is C25H25FN2O2.